The van der Waals surface area contributed by atoms with Gasteiger partial charge in [0.25, 0.3) is 5.91 Å². The summed E-state index contributed by atoms with van der Waals surface area (Å²) in [4.78, 5) is 14.1. The molecule has 0 aliphatic carbocycles. The molecule has 3 aromatic rings. The lowest BCUT2D eigenvalue weighted by atomic mass is 10.1. The molecule has 1 amide bonds. The predicted molar refractivity (Wildman–Crippen MR) is 97.0 cm³/mol. The van der Waals surface area contributed by atoms with Gasteiger partial charge in [-0.25, -0.2) is 0 Å². The minimum absolute atomic E-state index is 0.0516. The summed E-state index contributed by atoms with van der Waals surface area (Å²) in [6, 6.07) is 9.91. The van der Waals surface area contributed by atoms with Gasteiger partial charge in [0.2, 0.25) is 0 Å². The SMILES string of the molecule is Cc1cccc(NC(=O)c2c(-n3cccc3)sc(C)c2C)c1C. The highest BCUT2D eigenvalue weighted by Gasteiger charge is 2.21. The van der Waals surface area contributed by atoms with Crippen LogP contribution in [0.2, 0.25) is 0 Å². The lowest BCUT2D eigenvalue weighted by Gasteiger charge is -2.12. The van der Waals surface area contributed by atoms with Gasteiger partial charge in [0, 0.05) is 23.0 Å². The molecule has 0 saturated heterocycles. The Kier molecular flexibility index (Phi) is 4.09. The van der Waals surface area contributed by atoms with Crippen LogP contribution < -0.4 is 5.32 Å². The van der Waals surface area contributed by atoms with Crippen LogP contribution in [-0.2, 0) is 0 Å². The van der Waals surface area contributed by atoms with E-state index in [4.69, 9.17) is 0 Å². The number of benzene rings is 1. The Labute approximate surface area is 140 Å². The Morgan fingerprint density at radius 3 is 2.39 bits per heavy atom. The number of hydrogen-bond acceptors (Lipinski definition) is 2. The summed E-state index contributed by atoms with van der Waals surface area (Å²) in [5.41, 5.74) is 4.95. The number of thiophene rings is 1. The lowest BCUT2D eigenvalue weighted by molar-refractivity contribution is 0.102. The Morgan fingerprint density at radius 1 is 1.00 bits per heavy atom. The molecule has 2 heterocycles. The number of nitrogens with one attached hydrogen (secondary N) is 1. The smallest absolute Gasteiger partial charge is 0.258 e. The molecule has 0 bridgehead atoms. The fourth-order valence-corrected chi connectivity index (χ4v) is 3.72. The highest BCUT2D eigenvalue weighted by Crippen LogP contribution is 2.32. The zero-order valence-electron chi connectivity index (χ0n) is 13.8. The summed E-state index contributed by atoms with van der Waals surface area (Å²) in [5, 5.41) is 4.04. The van der Waals surface area contributed by atoms with Gasteiger partial charge in [-0.15, -0.1) is 11.3 Å². The van der Waals surface area contributed by atoms with Gasteiger partial charge < -0.3 is 9.88 Å². The second kappa shape index (κ2) is 6.05. The van der Waals surface area contributed by atoms with Gasteiger partial charge in [-0.1, -0.05) is 12.1 Å². The largest absolute Gasteiger partial charge is 0.322 e. The quantitative estimate of drug-likeness (QED) is 0.721. The molecule has 2 aromatic heterocycles. The van der Waals surface area contributed by atoms with Crippen LogP contribution in [0.5, 0.6) is 0 Å². The van der Waals surface area contributed by atoms with E-state index in [-0.39, 0.29) is 5.91 Å². The average Bonchev–Trinajstić information content (AvgIpc) is 3.13. The maximum absolute atomic E-state index is 12.9. The molecule has 0 atom stereocenters. The first-order valence-corrected chi connectivity index (χ1v) is 8.41. The molecule has 3 nitrogen and oxygen atoms in total. The molecule has 1 N–H and O–H groups in total. The minimum atomic E-state index is -0.0516. The second-order valence-corrected chi connectivity index (χ2v) is 6.96. The van der Waals surface area contributed by atoms with E-state index in [9.17, 15) is 4.79 Å². The van der Waals surface area contributed by atoms with E-state index >= 15 is 0 Å². The van der Waals surface area contributed by atoms with Gasteiger partial charge in [-0.3, -0.25) is 4.79 Å². The fraction of sp³-hybridized carbons (Fsp3) is 0.211. The van der Waals surface area contributed by atoms with Crippen LogP contribution in [0, 0.1) is 27.7 Å². The van der Waals surface area contributed by atoms with Gasteiger partial charge in [-0.2, -0.15) is 0 Å². The van der Waals surface area contributed by atoms with Crippen molar-refractivity contribution in [3.63, 3.8) is 0 Å². The van der Waals surface area contributed by atoms with Crippen molar-refractivity contribution < 1.29 is 4.79 Å². The summed E-state index contributed by atoms with van der Waals surface area (Å²) in [7, 11) is 0. The lowest BCUT2D eigenvalue weighted by Crippen LogP contribution is -2.15. The first-order chi connectivity index (χ1) is 11.0. The minimum Gasteiger partial charge on any atom is -0.322 e. The molecule has 0 aliphatic rings. The van der Waals surface area contributed by atoms with Gasteiger partial charge in [0.15, 0.2) is 0 Å². The third-order valence-corrected chi connectivity index (χ3v) is 5.51. The number of anilines is 1. The number of amides is 1. The van der Waals surface area contributed by atoms with Crippen LogP contribution in [0.25, 0.3) is 5.00 Å². The fourth-order valence-electron chi connectivity index (χ4n) is 2.60. The van der Waals surface area contributed by atoms with E-state index in [2.05, 4.69) is 25.2 Å². The van der Waals surface area contributed by atoms with Crippen molar-refractivity contribution in [1.82, 2.24) is 4.57 Å². The highest BCUT2D eigenvalue weighted by atomic mass is 32.1. The topological polar surface area (TPSA) is 34.0 Å². The van der Waals surface area contributed by atoms with Crippen LogP contribution >= 0.6 is 11.3 Å². The van der Waals surface area contributed by atoms with Crippen molar-refractivity contribution in [2.75, 3.05) is 5.32 Å². The number of hydrogen-bond donors (Lipinski definition) is 1. The maximum atomic E-state index is 12.9. The molecule has 23 heavy (non-hydrogen) atoms. The molecular formula is C19H20N2OS. The van der Waals surface area contributed by atoms with E-state index in [1.165, 1.54) is 10.4 Å². The number of aryl methyl sites for hydroxylation is 2. The standard InChI is InChI=1S/C19H20N2OS/c1-12-8-7-9-16(13(12)2)20-18(22)17-14(3)15(4)23-19(17)21-10-5-6-11-21/h5-11H,1-4H3,(H,20,22). The third-order valence-electron chi connectivity index (χ3n) is 4.29. The average molecular weight is 324 g/mol. The molecule has 0 radical (unpaired) electrons. The monoisotopic (exact) mass is 324 g/mol. The van der Waals surface area contributed by atoms with Crippen LogP contribution in [0.1, 0.15) is 31.9 Å². The van der Waals surface area contributed by atoms with E-state index in [0.717, 1.165) is 27.4 Å². The molecule has 0 aliphatic heterocycles. The zero-order valence-corrected chi connectivity index (χ0v) is 14.6. The van der Waals surface area contributed by atoms with Crippen molar-refractivity contribution in [3.8, 4) is 5.00 Å². The maximum Gasteiger partial charge on any atom is 0.258 e. The number of carbonyl (C=O) groups excluding carboxylic acids is 1. The van der Waals surface area contributed by atoms with Gasteiger partial charge in [0.05, 0.1) is 5.56 Å². The van der Waals surface area contributed by atoms with Crippen molar-refractivity contribution in [2.45, 2.75) is 27.7 Å². The van der Waals surface area contributed by atoms with Gasteiger partial charge in [0.1, 0.15) is 5.00 Å². The van der Waals surface area contributed by atoms with E-state index in [0.29, 0.717) is 0 Å². The van der Waals surface area contributed by atoms with Crippen LogP contribution in [0.3, 0.4) is 0 Å². The summed E-state index contributed by atoms with van der Waals surface area (Å²) in [5.74, 6) is -0.0516. The molecular weight excluding hydrogens is 304 g/mol. The number of carbonyl (C=O) groups is 1. The van der Waals surface area contributed by atoms with E-state index in [1.54, 1.807) is 11.3 Å². The number of rotatable bonds is 3. The first-order valence-electron chi connectivity index (χ1n) is 7.60. The Bertz CT molecular complexity index is 860. The zero-order chi connectivity index (χ0) is 16.6. The molecule has 3 rings (SSSR count). The molecule has 118 valence electrons. The van der Waals surface area contributed by atoms with E-state index in [1.807, 2.05) is 55.1 Å². The molecule has 0 fully saturated rings. The van der Waals surface area contributed by atoms with Crippen molar-refractivity contribution in [1.29, 1.82) is 0 Å². The molecule has 4 heteroatoms. The number of nitrogens with zero attached hydrogens (tertiary/aromatic N) is 1. The highest BCUT2D eigenvalue weighted by molar-refractivity contribution is 7.15. The van der Waals surface area contributed by atoms with Gasteiger partial charge in [-0.05, 0) is 62.6 Å². The normalized spacial score (nSPS) is 10.8. The third kappa shape index (κ3) is 2.82. The molecule has 0 spiro atoms. The predicted octanol–water partition coefficient (Wildman–Crippen LogP) is 5.02. The Balaban J connectivity index is 2.01. The Morgan fingerprint density at radius 2 is 1.70 bits per heavy atom. The van der Waals surface area contributed by atoms with Crippen molar-refractivity contribution in [2.24, 2.45) is 0 Å². The second-order valence-electron chi connectivity index (χ2n) is 5.76. The van der Waals surface area contributed by atoms with Gasteiger partial charge >= 0.3 is 0 Å². The molecule has 1 aromatic carbocycles. The van der Waals surface area contributed by atoms with Crippen LogP contribution in [0.4, 0.5) is 5.69 Å². The van der Waals surface area contributed by atoms with Crippen molar-refractivity contribution in [3.05, 3.63) is 69.9 Å². The van der Waals surface area contributed by atoms with Crippen molar-refractivity contribution >= 4 is 22.9 Å². The summed E-state index contributed by atoms with van der Waals surface area (Å²) < 4.78 is 2.00. The molecule has 0 saturated carbocycles. The summed E-state index contributed by atoms with van der Waals surface area (Å²) in [6.07, 6.45) is 3.94. The number of aromatic nitrogens is 1. The molecule has 0 unspecified atom stereocenters. The Hall–Kier alpha value is -2.33. The summed E-state index contributed by atoms with van der Waals surface area (Å²) >= 11 is 1.65. The van der Waals surface area contributed by atoms with Crippen LogP contribution in [0.15, 0.2) is 42.7 Å². The summed E-state index contributed by atoms with van der Waals surface area (Å²) in [6.45, 7) is 8.15. The van der Waals surface area contributed by atoms with E-state index < -0.39 is 0 Å². The first kappa shape index (κ1) is 15.6. The van der Waals surface area contributed by atoms with Crippen LogP contribution in [-0.4, -0.2) is 10.5 Å².